The minimum atomic E-state index is -0.833. The van der Waals surface area contributed by atoms with Crippen molar-refractivity contribution in [1.82, 2.24) is 14.8 Å². The van der Waals surface area contributed by atoms with E-state index in [4.69, 9.17) is 11.6 Å². The number of hydrogen-bond donors (Lipinski definition) is 1. The zero-order chi connectivity index (χ0) is 18.7. The minimum absolute atomic E-state index is 0.0816. The number of amides is 1. The summed E-state index contributed by atoms with van der Waals surface area (Å²) in [6, 6.07) is 6.67. The van der Waals surface area contributed by atoms with Crippen LogP contribution in [0.1, 0.15) is 44.7 Å². The molecule has 1 amide bonds. The molecule has 1 aromatic heterocycles. The highest BCUT2D eigenvalue weighted by molar-refractivity contribution is 6.30. The molecule has 1 N–H and O–H groups in total. The number of rotatable bonds is 4. The third-order valence-electron chi connectivity index (χ3n) is 5.98. The summed E-state index contributed by atoms with van der Waals surface area (Å²) in [5, 5.41) is 19.7. The molecular formula is C19H25ClN4O2. The third-order valence-corrected chi connectivity index (χ3v) is 6.20. The molecule has 0 unspecified atom stereocenters. The molecule has 2 fully saturated rings. The molecule has 1 aromatic rings. The molecule has 1 aliphatic carbocycles. The van der Waals surface area contributed by atoms with E-state index in [0.29, 0.717) is 17.6 Å². The number of carboxylic acid groups (broad SMARTS) is 1. The van der Waals surface area contributed by atoms with E-state index in [1.54, 1.807) is 17.2 Å². The molecule has 3 rings (SSSR count). The number of aromatic nitrogens is 1. The maximum atomic E-state index is 11.4. The summed E-state index contributed by atoms with van der Waals surface area (Å²) >= 11 is 5.92. The number of likely N-dealkylation sites (N-methyl/N-ethyl adjacent to an activating group) is 1. The van der Waals surface area contributed by atoms with Gasteiger partial charge in [0, 0.05) is 37.9 Å². The first-order valence-electron chi connectivity index (χ1n) is 9.26. The Hall–Kier alpha value is -1.84. The van der Waals surface area contributed by atoms with Crippen molar-refractivity contribution in [3.63, 3.8) is 0 Å². The number of carbonyl (C=O) groups is 1. The second kappa shape index (κ2) is 7.81. The van der Waals surface area contributed by atoms with Crippen LogP contribution in [0.2, 0.25) is 5.02 Å². The van der Waals surface area contributed by atoms with Crippen LogP contribution in [0.15, 0.2) is 18.3 Å². The molecule has 1 saturated carbocycles. The van der Waals surface area contributed by atoms with E-state index in [1.165, 1.54) is 0 Å². The Kier molecular flexibility index (Phi) is 5.69. The van der Waals surface area contributed by atoms with Gasteiger partial charge in [0.05, 0.1) is 22.2 Å². The van der Waals surface area contributed by atoms with E-state index in [-0.39, 0.29) is 6.04 Å². The van der Waals surface area contributed by atoms with Gasteiger partial charge in [0.15, 0.2) is 0 Å². The lowest BCUT2D eigenvalue weighted by Crippen LogP contribution is -2.44. The third kappa shape index (κ3) is 3.65. The molecule has 0 spiro atoms. The molecule has 1 saturated heterocycles. The van der Waals surface area contributed by atoms with Gasteiger partial charge in [-0.25, -0.2) is 4.79 Å². The largest absolute Gasteiger partial charge is 0.465 e. The fraction of sp³-hybridized carbons (Fsp3) is 0.632. The highest BCUT2D eigenvalue weighted by Crippen LogP contribution is 2.40. The van der Waals surface area contributed by atoms with Crippen LogP contribution in [0.3, 0.4) is 0 Å². The van der Waals surface area contributed by atoms with Crippen molar-refractivity contribution in [3.05, 3.63) is 29.0 Å². The van der Waals surface area contributed by atoms with Gasteiger partial charge in [-0.05, 0) is 51.2 Å². The highest BCUT2D eigenvalue weighted by atomic mass is 35.5. The quantitative estimate of drug-likeness (QED) is 0.869. The molecule has 1 atom stereocenters. The topological polar surface area (TPSA) is 80.5 Å². The molecule has 140 valence electrons. The molecule has 0 aromatic carbocycles. The maximum absolute atomic E-state index is 11.4. The number of likely N-dealkylation sites (tertiary alicyclic amines) is 1. The fourth-order valence-corrected chi connectivity index (χ4v) is 4.56. The smallest absolute Gasteiger partial charge is 0.407 e. The first-order valence-corrected chi connectivity index (χ1v) is 9.64. The predicted octanol–water partition coefficient (Wildman–Crippen LogP) is 3.51. The summed E-state index contributed by atoms with van der Waals surface area (Å²) in [7, 11) is 0. The van der Waals surface area contributed by atoms with Crippen molar-refractivity contribution in [1.29, 1.82) is 5.26 Å². The predicted molar refractivity (Wildman–Crippen MR) is 99.2 cm³/mol. The molecule has 1 aliphatic heterocycles. The van der Waals surface area contributed by atoms with Crippen molar-refractivity contribution < 1.29 is 9.90 Å². The van der Waals surface area contributed by atoms with Crippen molar-refractivity contribution in [2.75, 3.05) is 19.6 Å². The van der Waals surface area contributed by atoms with Crippen LogP contribution in [-0.4, -0.2) is 57.7 Å². The van der Waals surface area contributed by atoms with Crippen LogP contribution in [0.25, 0.3) is 0 Å². The van der Waals surface area contributed by atoms with E-state index >= 15 is 0 Å². The molecule has 0 bridgehead atoms. The van der Waals surface area contributed by atoms with Crippen molar-refractivity contribution in [2.45, 2.75) is 56.5 Å². The van der Waals surface area contributed by atoms with Crippen LogP contribution in [0.4, 0.5) is 4.79 Å². The lowest BCUT2D eigenvalue weighted by Gasteiger charge is -2.38. The molecule has 26 heavy (non-hydrogen) atoms. The Morgan fingerprint density at radius 3 is 2.73 bits per heavy atom. The average molecular weight is 377 g/mol. The maximum Gasteiger partial charge on any atom is 0.407 e. The van der Waals surface area contributed by atoms with Gasteiger partial charge in [0.1, 0.15) is 0 Å². The zero-order valence-corrected chi connectivity index (χ0v) is 15.8. The highest BCUT2D eigenvalue weighted by Gasteiger charge is 2.41. The summed E-state index contributed by atoms with van der Waals surface area (Å²) in [6.45, 7) is 4.14. The first-order chi connectivity index (χ1) is 12.5. The Bertz CT molecular complexity index is 680. The van der Waals surface area contributed by atoms with Crippen molar-refractivity contribution in [2.24, 2.45) is 0 Å². The Morgan fingerprint density at radius 2 is 2.19 bits per heavy atom. The van der Waals surface area contributed by atoms with Gasteiger partial charge in [0.25, 0.3) is 0 Å². The lowest BCUT2D eigenvalue weighted by molar-refractivity contribution is 0.118. The first kappa shape index (κ1) is 18.9. The molecular weight excluding hydrogens is 352 g/mol. The number of nitrogens with zero attached hydrogens (tertiary/aromatic N) is 4. The van der Waals surface area contributed by atoms with Gasteiger partial charge in [0.2, 0.25) is 0 Å². The van der Waals surface area contributed by atoms with Crippen molar-refractivity contribution in [3.8, 4) is 6.07 Å². The lowest BCUT2D eigenvalue weighted by atomic mass is 9.71. The van der Waals surface area contributed by atoms with Gasteiger partial charge in [-0.3, -0.25) is 9.88 Å². The van der Waals surface area contributed by atoms with Gasteiger partial charge in [-0.2, -0.15) is 5.26 Å². The minimum Gasteiger partial charge on any atom is -0.465 e. The standard InChI is InChI=1S/C19H25ClN4O2/c1-2-24(18(25)26)16-7-10-23(12-16)15-5-8-19(13-21,9-6-15)17-4-3-14(20)11-22-17/h3-4,11,15-16H,2,5-10,12H2,1H3,(H,25,26)/t15-,16-,19+/m0/s1. The number of pyridine rings is 1. The molecule has 2 heterocycles. The molecule has 7 heteroatoms. The average Bonchev–Trinajstić information content (AvgIpc) is 3.12. The second-order valence-electron chi connectivity index (χ2n) is 7.29. The Morgan fingerprint density at radius 1 is 1.46 bits per heavy atom. The molecule has 6 nitrogen and oxygen atoms in total. The van der Waals surface area contributed by atoms with Gasteiger partial charge in [-0.15, -0.1) is 0 Å². The Balaban J connectivity index is 1.62. The Labute approximate surface area is 159 Å². The molecule has 0 radical (unpaired) electrons. The SMILES string of the molecule is CCN(C(=O)O)[C@H]1CCN([C@H]2CC[C@@](C#N)(c3ccc(Cl)cn3)CC2)C1. The summed E-state index contributed by atoms with van der Waals surface area (Å²) in [4.78, 5) is 19.7. The summed E-state index contributed by atoms with van der Waals surface area (Å²) in [6.07, 6.45) is 5.09. The normalized spacial score (nSPS) is 29.3. The summed E-state index contributed by atoms with van der Waals surface area (Å²) in [5.41, 5.74) is 0.279. The van der Waals surface area contributed by atoms with E-state index in [2.05, 4.69) is 16.0 Å². The van der Waals surface area contributed by atoms with Gasteiger partial charge in [-0.1, -0.05) is 11.6 Å². The van der Waals surface area contributed by atoms with Crippen LogP contribution >= 0.6 is 11.6 Å². The van der Waals surface area contributed by atoms with Crippen molar-refractivity contribution >= 4 is 17.7 Å². The number of halogens is 1. The van der Waals surface area contributed by atoms with E-state index in [9.17, 15) is 15.2 Å². The number of nitriles is 1. The second-order valence-corrected chi connectivity index (χ2v) is 7.73. The zero-order valence-electron chi connectivity index (χ0n) is 15.1. The van der Waals surface area contributed by atoms with E-state index < -0.39 is 11.5 Å². The van der Waals surface area contributed by atoms with Crippen LogP contribution < -0.4 is 0 Å². The van der Waals surface area contributed by atoms with Crippen LogP contribution in [0, 0.1) is 11.3 Å². The van der Waals surface area contributed by atoms with Gasteiger partial charge < -0.3 is 10.0 Å². The van der Waals surface area contributed by atoms with Crippen LogP contribution in [0.5, 0.6) is 0 Å². The monoisotopic (exact) mass is 376 g/mol. The molecule has 2 aliphatic rings. The number of hydrogen-bond acceptors (Lipinski definition) is 4. The fourth-order valence-electron chi connectivity index (χ4n) is 4.45. The summed E-state index contributed by atoms with van der Waals surface area (Å²) in [5.74, 6) is 0. The summed E-state index contributed by atoms with van der Waals surface area (Å²) < 4.78 is 0. The van der Waals surface area contributed by atoms with E-state index in [1.807, 2.05) is 13.0 Å². The van der Waals surface area contributed by atoms with E-state index in [0.717, 1.165) is 50.9 Å². The van der Waals surface area contributed by atoms with Gasteiger partial charge >= 0.3 is 6.09 Å². The van der Waals surface area contributed by atoms with Crippen LogP contribution in [-0.2, 0) is 5.41 Å².